The fraction of sp³-hybridized carbons (Fsp3) is 0.861. The number of nitrogens with zero attached hydrogens (tertiary/aromatic N) is 3. The number of aromatic amines is 1. The molecule has 1 aliphatic heterocycles. The Hall–Kier alpha value is -2.37. The number of aromatic nitrogens is 4. The van der Waals surface area contributed by atoms with Gasteiger partial charge in [-0.25, -0.2) is 0 Å². The highest BCUT2D eigenvalue weighted by Gasteiger charge is 2.71. The summed E-state index contributed by atoms with van der Waals surface area (Å²) < 4.78 is 13.0. The maximum Gasteiger partial charge on any atom is 0.307 e. The first-order valence-corrected chi connectivity index (χ1v) is 17.9. The Morgan fingerprint density at radius 3 is 2.47 bits per heavy atom. The van der Waals surface area contributed by atoms with Crippen molar-refractivity contribution in [1.82, 2.24) is 20.6 Å². The van der Waals surface area contributed by atoms with E-state index in [4.69, 9.17) is 15.2 Å². The molecule has 47 heavy (non-hydrogen) atoms. The van der Waals surface area contributed by atoms with E-state index < -0.39 is 5.97 Å². The molecule has 4 aliphatic carbocycles. The van der Waals surface area contributed by atoms with Crippen LogP contribution in [-0.4, -0.2) is 70.1 Å². The minimum atomic E-state index is -0.586. The molecule has 4 fully saturated rings. The van der Waals surface area contributed by atoms with Crippen LogP contribution in [0.15, 0.2) is 11.6 Å². The predicted molar refractivity (Wildman–Crippen MR) is 180 cm³/mol. The summed E-state index contributed by atoms with van der Waals surface area (Å²) in [6.07, 6.45) is 9.12. The van der Waals surface area contributed by atoms with Crippen molar-refractivity contribution >= 4 is 17.8 Å². The van der Waals surface area contributed by atoms with E-state index in [1.807, 2.05) is 0 Å². The van der Waals surface area contributed by atoms with Gasteiger partial charge in [0.1, 0.15) is 0 Å². The number of aliphatic carboxylic acids is 1. The van der Waals surface area contributed by atoms with E-state index in [0.717, 1.165) is 45.3 Å². The van der Waals surface area contributed by atoms with Gasteiger partial charge in [0.15, 0.2) is 0 Å². The van der Waals surface area contributed by atoms with E-state index in [1.165, 1.54) is 13.3 Å². The maximum atomic E-state index is 13.2. The highest BCUT2D eigenvalue weighted by molar-refractivity contribution is 5.86. The molecular formula is C36H60N6O5. The standard InChI is InChI=1S/C33H55NO4.C3H5N5O/c1-20(2)22(4)29(5)13-14-31(7)23-9-10-25-30(6)18-37-19-33(25,17-21(3)27(30)38-16-15-34)24(23)11-12-32(31,8)26(29)28(35)36;1-2(9)4-3-5-7-8-6-3/h11,20-23,25-27H,9-10,12-19,34H2,1-8H3,(H,35,36);1H3,(H2,4,5,6,7,8,9)/t21-,22-,23+,25+,26-,27+,29-,30+,31-,32+,33+;/m1./s1. The molecule has 0 radical (unpaired) electrons. The first-order valence-electron chi connectivity index (χ1n) is 17.9. The lowest BCUT2D eigenvalue weighted by atomic mass is 9.34. The lowest BCUT2D eigenvalue weighted by Gasteiger charge is -2.71. The molecule has 2 heterocycles. The topological polar surface area (TPSA) is 165 Å². The SMILES string of the molecule is CC(=O)Nc1nn[nH]n1.CC(C)[C@@H](C)[C@@]1(C)CC[C@]2(C)[C@H]3CC[C@@H]4[C@@]5(COC[C@]4(C)[C@@H](OCCN)[C@H](C)C5)C3=CC[C@@]2(C)[C@@H]1C(=O)O. The van der Waals surface area contributed by atoms with Crippen LogP contribution in [0.1, 0.15) is 101 Å². The fourth-order valence-corrected chi connectivity index (χ4v) is 11.9. The third-order valence-corrected chi connectivity index (χ3v) is 14.4. The third kappa shape index (κ3) is 5.56. The summed E-state index contributed by atoms with van der Waals surface area (Å²) >= 11 is 0. The molecule has 11 atom stereocenters. The van der Waals surface area contributed by atoms with Gasteiger partial charge in [-0.05, 0) is 89.6 Å². The Kier molecular flexibility index (Phi) is 9.80. The highest BCUT2D eigenvalue weighted by Crippen LogP contribution is 2.75. The highest BCUT2D eigenvalue weighted by atomic mass is 16.5. The fourth-order valence-electron chi connectivity index (χ4n) is 11.9. The van der Waals surface area contributed by atoms with Gasteiger partial charge in [0, 0.05) is 24.3 Å². The Bertz CT molecular complexity index is 1340. The molecule has 1 amide bonds. The molecule has 3 saturated carbocycles. The summed E-state index contributed by atoms with van der Waals surface area (Å²) in [5.74, 6) is 1.31. The second-order valence-corrected chi connectivity index (χ2v) is 17.0. The number of carboxylic acid groups (broad SMARTS) is 1. The molecule has 264 valence electrons. The Morgan fingerprint density at radius 1 is 1.15 bits per heavy atom. The number of nitrogens with two attached hydrogens (primary N) is 1. The van der Waals surface area contributed by atoms with Crippen molar-refractivity contribution in [3.63, 3.8) is 0 Å². The van der Waals surface area contributed by atoms with Crippen LogP contribution < -0.4 is 11.1 Å². The van der Waals surface area contributed by atoms with Crippen molar-refractivity contribution < 1.29 is 24.2 Å². The minimum Gasteiger partial charge on any atom is -0.481 e. The van der Waals surface area contributed by atoms with Gasteiger partial charge >= 0.3 is 5.97 Å². The van der Waals surface area contributed by atoms with E-state index in [2.05, 4.69) is 87.4 Å². The monoisotopic (exact) mass is 656 g/mol. The van der Waals surface area contributed by atoms with Crippen molar-refractivity contribution in [2.24, 2.45) is 68.3 Å². The van der Waals surface area contributed by atoms with Gasteiger partial charge in [-0.1, -0.05) is 72.1 Å². The summed E-state index contributed by atoms with van der Waals surface area (Å²) in [6, 6.07) is 0. The number of carboxylic acids is 1. The summed E-state index contributed by atoms with van der Waals surface area (Å²) in [7, 11) is 0. The van der Waals surface area contributed by atoms with E-state index in [9.17, 15) is 14.7 Å². The zero-order chi connectivity index (χ0) is 34.6. The van der Waals surface area contributed by atoms with Crippen molar-refractivity contribution in [2.75, 3.05) is 31.7 Å². The van der Waals surface area contributed by atoms with E-state index in [-0.39, 0.29) is 51.0 Å². The molecule has 6 rings (SSSR count). The number of allylic oxidation sites excluding steroid dienone is 1. The van der Waals surface area contributed by atoms with Crippen molar-refractivity contribution in [2.45, 2.75) is 107 Å². The largest absolute Gasteiger partial charge is 0.481 e. The van der Waals surface area contributed by atoms with Gasteiger partial charge in [0.25, 0.3) is 5.95 Å². The number of fused-ring (bicyclic) bond motifs is 3. The van der Waals surface area contributed by atoms with Crippen LogP contribution in [0.5, 0.6) is 0 Å². The number of anilines is 1. The lowest BCUT2D eigenvalue weighted by molar-refractivity contribution is -0.250. The average molecular weight is 657 g/mol. The maximum absolute atomic E-state index is 13.2. The lowest BCUT2D eigenvalue weighted by Crippen LogP contribution is -2.68. The van der Waals surface area contributed by atoms with Crippen LogP contribution in [-0.2, 0) is 19.1 Å². The molecule has 1 aromatic rings. The van der Waals surface area contributed by atoms with Gasteiger partial charge < -0.3 is 20.3 Å². The number of hydrogen-bond donors (Lipinski definition) is 4. The molecule has 5 aliphatic rings. The van der Waals surface area contributed by atoms with E-state index in [1.54, 1.807) is 5.57 Å². The van der Waals surface area contributed by atoms with Crippen molar-refractivity contribution in [3.8, 4) is 0 Å². The number of carbonyl (C=O) groups excluding carboxylic acids is 1. The third-order valence-electron chi connectivity index (χ3n) is 14.4. The Morgan fingerprint density at radius 2 is 1.87 bits per heavy atom. The molecule has 0 aromatic carbocycles. The summed E-state index contributed by atoms with van der Waals surface area (Å²) in [4.78, 5) is 23.5. The van der Waals surface area contributed by atoms with Crippen LogP contribution in [0.25, 0.3) is 0 Å². The number of carbonyl (C=O) groups is 2. The zero-order valence-electron chi connectivity index (χ0n) is 30.2. The molecule has 11 nitrogen and oxygen atoms in total. The number of amides is 1. The molecule has 0 spiro atoms. The van der Waals surface area contributed by atoms with Gasteiger partial charge in [-0.15, -0.1) is 5.10 Å². The van der Waals surface area contributed by atoms with Gasteiger partial charge in [-0.3, -0.25) is 14.9 Å². The van der Waals surface area contributed by atoms with E-state index in [0.29, 0.717) is 42.7 Å². The van der Waals surface area contributed by atoms with Crippen LogP contribution >= 0.6 is 0 Å². The zero-order valence-corrected chi connectivity index (χ0v) is 30.2. The Balaban J connectivity index is 0.000000417. The van der Waals surface area contributed by atoms with Crippen LogP contribution in [0.2, 0.25) is 0 Å². The van der Waals surface area contributed by atoms with E-state index >= 15 is 0 Å². The number of nitrogens with one attached hydrogen (secondary N) is 2. The number of hydrogen-bond acceptors (Lipinski definition) is 8. The summed E-state index contributed by atoms with van der Waals surface area (Å²) in [5, 5.41) is 25.6. The molecule has 2 bridgehead atoms. The van der Waals surface area contributed by atoms with Gasteiger partial charge in [0.05, 0.1) is 31.8 Å². The first-order chi connectivity index (χ1) is 22.0. The smallest absolute Gasteiger partial charge is 0.307 e. The summed E-state index contributed by atoms with van der Waals surface area (Å²) in [5.41, 5.74) is 7.01. The summed E-state index contributed by atoms with van der Waals surface area (Å²) in [6.45, 7) is 22.8. The molecule has 1 saturated heterocycles. The quantitative estimate of drug-likeness (QED) is 0.269. The van der Waals surface area contributed by atoms with Crippen LogP contribution in [0.3, 0.4) is 0 Å². The minimum absolute atomic E-state index is 0.0139. The molecule has 1 aromatic heterocycles. The first kappa shape index (κ1) is 35.9. The molecule has 11 heteroatoms. The average Bonchev–Trinajstić information content (AvgIpc) is 3.49. The Labute approximate surface area is 280 Å². The molecular weight excluding hydrogens is 596 g/mol. The van der Waals surface area contributed by atoms with Gasteiger partial charge in [0.2, 0.25) is 5.91 Å². The van der Waals surface area contributed by atoms with Crippen molar-refractivity contribution in [3.05, 3.63) is 11.6 Å². The molecule has 5 N–H and O–H groups in total. The van der Waals surface area contributed by atoms with Crippen LogP contribution in [0.4, 0.5) is 5.95 Å². The molecule has 0 unspecified atom stereocenters. The van der Waals surface area contributed by atoms with Crippen molar-refractivity contribution in [1.29, 1.82) is 0 Å². The predicted octanol–water partition coefficient (Wildman–Crippen LogP) is 5.71. The van der Waals surface area contributed by atoms with Crippen LogP contribution in [0, 0.1) is 62.6 Å². The number of tetrazole rings is 1. The number of ether oxygens (including phenoxy) is 2. The normalized spacial score (nSPS) is 42.9. The number of rotatable bonds is 7. The number of H-pyrrole nitrogens is 1. The van der Waals surface area contributed by atoms with Gasteiger partial charge in [-0.2, -0.15) is 5.21 Å². The second-order valence-electron chi connectivity index (χ2n) is 17.0. The second kappa shape index (κ2) is 12.8.